The fourth-order valence-corrected chi connectivity index (χ4v) is 2.73. The molecular formula is C14H24N2. The summed E-state index contributed by atoms with van der Waals surface area (Å²) in [5.74, 6) is 0.919. The third-order valence-corrected chi connectivity index (χ3v) is 3.92. The van der Waals surface area contributed by atoms with E-state index in [0.717, 1.165) is 18.8 Å². The Kier molecular flexibility index (Phi) is 3.67. The van der Waals surface area contributed by atoms with Gasteiger partial charge in [0.15, 0.2) is 0 Å². The Bertz CT molecular complexity index is 333. The predicted octanol–water partition coefficient (Wildman–Crippen LogP) is 3.76. The van der Waals surface area contributed by atoms with Crippen LogP contribution in [0.5, 0.6) is 0 Å². The van der Waals surface area contributed by atoms with E-state index in [2.05, 4.69) is 31.5 Å². The van der Waals surface area contributed by atoms with Crippen LogP contribution in [0.2, 0.25) is 0 Å². The van der Waals surface area contributed by atoms with Gasteiger partial charge in [-0.25, -0.2) is 0 Å². The summed E-state index contributed by atoms with van der Waals surface area (Å²) in [4.78, 5) is 0. The topological polar surface area (TPSA) is 17.8 Å². The van der Waals surface area contributed by atoms with Gasteiger partial charge in [-0.1, -0.05) is 20.8 Å². The van der Waals surface area contributed by atoms with Crippen molar-refractivity contribution >= 4 is 0 Å². The molecule has 0 unspecified atom stereocenters. The minimum Gasteiger partial charge on any atom is -0.266 e. The van der Waals surface area contributed by atoms with Crippen LogP contribution in [0.25, 0.3) is 0 Å². The molecule has 0 radical (unpaired) electrons. The lowest BCUT2D eigenvalue weighted by atomic mass is 9.87. The molecule has 2 heteroatoms. The molecule has 2 nitrogen and oxygen atoms in total. The summed E-state index contributed by atoms with van der Waals surface area (Å²) in [6, 6.07) is 2.96. The van der Waals surface area contributed by atoms with E-state index >= 15 is 0 Å². The van der Waals surface area contributed by atoms with Gasteiger partial charge in [0.05, 0.1) is 11.7 Å². The van der Waals surface area contributed by atoms with Crippen LogP contribution in [0.4, 0.5) is 0 Å². The second-order valence-corrected chi connectivity index (χ2v) is 5.19. The molecule has 1 heterocycles. The molecule has 0 spiro atoms. The Morgan fingerprint density at radius 1 is 1.19 bits per heavy atom. The highest BCUT2D eigenvalue weighted by atomic mass is 15.3. The van der Waals surface area contributed by atoms with Crippen molar-refractivity contribution in [3.05, 3.63) is 17.5 Å². The van der Waals surface area contributed by atoms with E-state index in [9.17, 15) is 0 Å². The standard InChI is InChI=1S/C14H24N2/c1-4-12-10-13(5-2)16(15-12)14-8-6-11(3)7-9-14/h10-11,14H,4-9H2,1-3H3. The molecule has 0 N–H and O–H groups in total. The molecule has 1 aliphatic carbocycles. The van der Waals surface area contributed by atoms with E-state index < -0.39 is 0 Å². The second-order valence-electron chi connectivity index (χ2n) is 5.19. The molecule has 0 bridgehead atoms. The Morgan fingerprint density at radius 3 is 2.44 bits per heavy atom. The molecular weight excluding hydrogens is 196 g/mol. The van der Waals surface area contributed by atoms with Crippen molar-refractivity contribution in [3.8, 4) is 0 Å². The zero-order valence-electron chi connectivity index (χ0n) is 10.9. The first-order valence-electron chi connectivity index (χ1n) is 6.81. The Morgan fingerprint density at radius 2 is 1.88 bits per heavy atom. The fourth-order valence-electron chi connectivity index (χ4n) is 2.73. The highest BCUT2D eigenvalue weighted by Crippen LogP contribution is 2.32. The number of nitrogens with zero attached hydrogens (tertiary/aromatic N) is 2. The van der Waals surface area contributed by atoms with Gasteiger partial charge in [0.25, 0.3) is 0 Å². The molecule has 16 heavy (non-hydrogen) atoms. The van der Waals surface area contributed by atoms with Gasteiger partial charge in [-0.3, -0.25) is 4.68 Å². The predicted molar refractivity (Wildman–Crippen MR) is 67.7 cm³/mol. The lowest BCUT2D eigenvalue weighted by Crippen LogP contribution is -2.19. The summed E-state index contributed by atoms with van der Waals surface area (Å²) in [5, 5.41) is 4.76. The average Bonchev–Trinajstić information content (AvgIpc) is 2.73. The van der Waals surface area contributed by atoms with Gasteiger partial charge in [-0.05, 0) is 50.5 Å². The Hall–Kier alpha value is -0.790. The molecule has 0 aliphatic heterocycles. The highest BCUT2D eigenvalue weighted by molar-refractivity contribution is 5.11. The molecule has 1 aromatic heterocycles. The van der Waals surface area contributed by atoms with Crippen LogP contribution < -0.4 is 0 Å². The third-order valence-electron chi connectivity index (χ3n) is 3.92. The van der Waals surface area contributed by atoms with E-state index in [4.69, 9.17) is 5.10 Å². The largest absolute Gasteiger partial charge is 0.266 e. The van der Waals surface area contributed by atoms with Gasteiger partial charge >= 0.3 is 0 Å². The summed E-state index contributed by atoms with van der Waals surface area (Å²) < 4.78 is 2.32. The Labute approximate surface area is 99.0 Å². The van der Waals surface area contributed by atoms with Gasteiger partial charge < -0.3 is 0 Å². The summed E-state index contributed by atoms with van der Waals surface area (Å²) in [5.41, 5.74) is 2.69. The minimum atomic E-state index is 0.673. The number of aryl methyl sites for hydroxylation is 2. The van der Waals surface area contributed by atoms with Crippen molar-refractivity contribution in [1.29, 1.82) is 0 Å². The maximum Gasteiger partial charge on any atom is 0.0624 e. The van der Waals surface area contributed by atoms with Crippen molar-refractivity contribution in [2.45, 2.75) is 65.3 Å². The summed E-state index contributed by atoms with van der Waals surface area (Å²) in [7, 11) is 0. The zero-order chi connectivity index (χ0) is 11.5. The van der Waals surface area contributed by atoms with Crippen LogP contribution in [-0.4, -0.2) is 9.78 Å². The number of aromatic nitrogens is 2. The molecule has 0 saturated heterocycles. The molecule has 90 valence electrons. The summed E-state index contributed by atoms with van der Waals surface area (Å²) in [6.07, 6.45) is 7.55. The quantitative estimate of drug-likeness (QED) is 0.758. The van der Waals surface area contributed by atoms with Gasteiger partial charge in [0.1, 0.15) is 0 Å². The van der Waals surface area contributed by atoms with Crippen molar-refractivity contribution in [2.24, 2.45) is 5.92 Å². The van der Waals surface area contributed by atoms with Crippen LogP contribution >= 0.6 is 0 Å². The molecule has 1 aliphatic rings. The first kappa shape index (κ1) is 11.7. The van der Waals surface area contributed by atoms with Gasteiger partial charge in [0.2, 0.25) is 0 Å². The third kappa shape index (κ3) is 2.31. The normalized spacial score (nSPS) is 25.9. The molecule has 1 fully saturated rings. The van der Waals surface area contributed by atoms with Crippen molar-refractivity contribution < 1.29 is 0 Å². The first-order chi connectivity index (χ1) is 7.74. The van der Waals surface area contributed by atoms with Crippen LogP contribution in [0.3, 0.4) is 0 Å². The molecule has 0 amide bonds. The SMILES string of the molecule is CCc1cc(CC)n(C2CCC(C)CC2)n1. The first-order valence-corrected chi connectivity index (χ1v) is 6.81. The molecule has 0 atom stereocenters. The van der Waals surface area contributed by atoms with Gasteiger partial charge in [-0.15, -0.1) is 0 Å². The number of hydrogen-bond acceptors (Lipinski definition) is 1. The van der Waals surface area contributed by atoms with Crippen molar-refractivity contribution in [1.82, 2.24) is 9.78 Å². The average molecular weight is 220 g/mol. The van der Waals surface area contributed by atoms with Gasteiger partial charge in [0, 0.05) is 5.69 Å². The number of rotatable bonds is 3. The van der Waals surface area contributed by atoms with Crippen LogP contribution in [-0.2, 0) is 12.8 Å². The van der Waals surface area contributed by atoms with Crippen molar-refractivity contribution in [2.75, 3.05) is 0 Å². The van der Waals surface area contributed by atoms with E-state index in [1.807, 2.05) is 0 Å². The molecule has 2 rings (SSSR count). The van der Waals surface area contributed by atoms with Crippen LogP contribution in [0.1, 0.15) is 63.9 Å². The second kappa shape index (κ2) is 5.03. The maximum atomic E-state index is 4.76. The van der Waals surface area contributed by atoms with E-state index in [1.165, 1.54) is 37.1 Å². The maximum absolute atomic E-state index is 4.76. The monoisotopic (exact) mass is 220 g/mol. The molecule has 1 saturated carbocycles. The van der Waals surface area contributed by atoms with Crippen LogP contribution in [0.15, 0.2) is 6.07 Å². The van der Waals surface area contributed by atoms with Gasteiger partial charge in [-0.2, -0.15) is 5.10 Å². The van der Waals surface area contributed by atoms with Crippen molar-refractivity contribution in [3.63, 3.8) is 0 Å². The van der Waals surface area contributed by atoms with Crippen LogP contribution in [0, 0.1) is 5.92 Å². The summed E-state index contributed by atoms with van der Waals surface area (Å²) >= 11 is 0. The fraction of sp³-hybridized carbons (Fsp3) is 0.786. The lowest BCUT2D eigenvalue weighted by Gasteiger charge is -2.27. The number of hydrogen-bond donors (Lipinski definition) is 0. The minimum absolute atomic E-state index is 0.673. The highest BCUT2D eigenvalue weighted by Gasteiger charge is 2.22. The van der Waals surface area contributed by atoms with E-state index in [1.54, 1.807) is 0 Å². The Balaban J connectivity index is 2.15. The summed E-state index contributed by atoms with van der Waals surface area (Å²) in [6.45, 7) is 6.80. The smallest absolute Gasteiger partial charge is 0.0624 e. The molecule has 0 aromatic carbocycles. The van der Waals surface area contributed by atoms with E-state index in [0.29, 0.717) is 6.04 Å². The van der Waals surface area contributed by atoms with E-state index in [-0.39, 0.29) is 0 Å². The zero-order valence-corrected chi connectivity index (χ0v) is 10.9. The molecule has 1 aromatic rings. The lowest BCUT2D eigenvalue weighted by molar-refractivity contribution is 0.269.